The average molecular weight is 418 g/mol. The van der Waals surface area contributed by atoms with Crippen LogP contribution < -0.4 is 5.32 Å². The van der Waals surface area contributed by atoms with Crippen molar-refractivity contribution in [1.29, 1.82) is 0 Å². The lowest BCUT2D eigenvalue weighted by Crippen LogP contribution is -2.18. The smallest absolute Gasteiger partial charge is 0.228 e. The van der Waals surface area contributed by atoms with E-state index in [4.69, 9.17) is 14.5 Å². The third-order valence-electron chi connectivity index (χ3n) is 4.71. The normalized spacial score (nSPS) is 14.5. The molecule has 0 spiro atoms. The lowest BCUT2D eigenvalue weighted by Gasteiger charge is -2.21. The van der Waals surface area contributed by atoms with Crippen LogP contribution in [0.25, 0.3) is 22.6 Å². The summed E-state index contributed by atoms with van der Waals surface area (Å²) in [5, 5.41) is 3.08. The lowest BCUT2D eigenvalue weighted by atomic mass is 10.1. The summed E-state index contributed by atoms with van der Waals surface area (Å²) in [5.41, 5.74) is 2.64. The highest BCUT2D eigenvalue weighted by atomic mass is 19.1. The van der Waals surface area contributed by atoms with Crippen LogP contribution in [0.2, 0.25) is 0 Å². The molecule has 156 valence electrons. The fraction of sp³-hybridized carbons (Fsp3) is 0.182. The van der Waals surface area contributed by atoms with Gasteiger partial charge in [-0.15, -0.1) is 0 Å². The molecule has 0 aliphatic carbocycles. The highest BCUT2D eigenvalue weighted by Crippen LogP contribution is 2.33. The molecule has 0 saturated carbocycles. The van der Waals surface area contributed by atoms with Gasteiger partial charge < -0.3 is 19.8 Å². The van der Waals surface area contributed by atoms with Gasteiger partial charge in [0, 0.05) is 18.0 Å². The molecule has 0 bridgehead atoms. The van der Waals surface area contributed by atoms with Gasteiger partial charge in [0.15, 0.2) is 5.82 Å². The van der Waals surface area contributed by atoms with Gasteiger partial charge in [0.1, 0.15) is 11.6 Å². The summed E-state index contributed by atoms with van der Waals surface area (Å²) in [7, 11) is 0. The molecule has 1 aromatic carbocycles. The first kappa shape index (κ1) is 19.3. The van der Waals surface area contributed by atoms with Crippen LogP contribution in [-0.4, -0.2) is 38.1 Å². The summed E-state index contributed by atoms with van der Waals surface area (Å²) in [5.74, 6) is 1.24. The van der Waals surface area contributed by atoms with Gasteiger partial charge in [0.05, 0.1) is 30.3 Å². The van der Waals surface area contributed by atoms with Crippen molar-refractivity contribution in [2.75, 3.05) is 18.5 Å². The largest absolute Gasteiger partial charge is 0.346 e. The van der Waals surface area contributed by atoms with Gasteiger partial charge in [-0.25, -0.2) is 24.3 Å². The number of halogens is 1. The maximum atomic E-state index is 13.5. The molecule has 0 radical (unpaired) electrons. The molecule has 5 rings (SSSR count). The summed E-state index contributed by atoms with van der Waals surface area (Å²) < 4.78 is 24.9. The second-order valence-electron chi connectivity index (χ2n) is 6.89. The summed E-state index contributed by atoms with van der Waals surface area (Å²) in [6, 6.07) is 13.5. The Bertz CT molecular complexity index is 1160. The van der Waals surface area contributed by atoms with E-state index in [9.17, 15) is 4.39 Å². The van der Waals surface area contributed by atoms with Crippen molar-refractivity contribution in [3.8, 4) is 22.6 Å². The lowest BCUT2D eigenvalue weighted by molar-refractivity contribution is -0.186. The quantitative estimate of drug-likeness (QED) is 0.500. The fourth-order valence-corrected chi connectivity index (χ4v) is 3.26. The van der Waals surface area contributed by atoms with E-state index in [1.165, 1.54) is 12.1 Å². The second kappa shape index (κ2) is 8.58. The van der Waals surface area contributed by atoms with E-state index in [-0.39, 0.29) is 5.82 Å². The van der Waals surface area contributed by atoms with Gasteiger partial charge in [-0.2, -0.15) is 0 Å². The molecule has 0 unspecified atom stereocenters. The molecule has 1 fully saturated rings. The molecule has 0 atom stereocenters. The van der Waals surface area contributed by atoms with Crippen molar-refractivity contribution in [1.82, 2.24) is 24.9 Å². The Morgan fingerprint density at radius 1 is 0.935 bits per heavy atom. The zero-order valence-electron chi connectivity index (χ0n) is 16.5. The first-order chi connectivity index (χ1) is 15.3. The molecule has 31 heavy (non-hydrogen) atoms. The Kier molecular flexibility index (Phi) is 5.34. The number of nitrogens with one attached hydrogen (secondary N) is 2. The number of anilines is 2. The van der Waals surface area contributed by atoms with Crippen LogP contribution in [0.15, 0.2) is 60.9 Å². The molecule has 2 N–H and O–H groups in total. The monoisotopic (exact) mass is 418 g/mol. The predicted octanol–water partition coefficient (Wildman–Crippen LogP) is 4.25. The molecular formula is C22H19FN6O2. The number of hydrogen-bond donors (Lipinski definition) is 2. The van der Waals surface area contributed by atoms with Gasteiger partial charge in [0.25, 0.3) is 0 Å². The Hall–Kier alpha value is -3.69. The Balaban J connectivity index is 1.54. The number of aromatic amines is 1. The molecule has 1 aliphatic rings. The first-order valence-corrected chi connectivity index (χ1v) is 9.87. The van der Waals surface area contributed by atoms with Crippen LogP contribution in [0.3, 0.4) is 0 Å². The number of aromatic nitrogens is 5. The Labute approximate surface area is 177 Å². The number of nitrogens with zero attached hydrogens (tertiary/aromatic N) is 4. The molecule has 3 aromatic heterocycles. The molecule has 1 saturated heterocycles. The topological polar surface area (TPSA) is 97.8 Å². The van der Waals surface area contributed by atoms with Gasteiger partial charge in [0.2, 0.25) is 12.2 Å². The van der Waals surface area contributed by atoms with Crippen LogP contribution in [0.1, 0.15) is 18.5 Å². The van der Waals surface area contributed by atoms with Crippen molar-refractivity contribution in [3.63, 3.8) is 0 Å². The molecule has 9 heteroatoms. The second-order valence-corrected chi connectivity index (χ2v) is 6.89. The summed E-state index contributed by atoms with van der Waals surface area (Å²) >= 11 is 0. The van der Waals surface area contributed by atoms with Crippen molar-refractivity contribution in [2.45, 2.75) is 12.7 Å². The van der Waals surface area contributed by atoms with Gasteiger partial charge in [-0.1, -0.05) is 6.07 Å². The van der Waals surface area contributed by atoms with Crippen LogP contribution in [0.4, 0.5) is 16.2 Å². The number of imidazole rings is 1. The fourth-order valence-electron chi connectivity index (χ4n) is 3.26. The van der Waals surface area contributed by atoms with Gasteiger partial charge in [-0.3, -0.25) is 0 Å². The van der Waals surface area contributed by atoms with Crippen LogP contribution >= 0.6 is 0 Å². The number of ether oxygens (including phenoxy) is 2. The highest BCUT2D eigenvalue weighted by molar-refractivity contribution is 5.77. The van der Waals surface area contributed by atoms with Crippen molar-refractivity contribution in [3.05, 3.63) is 72.6 Å². The average Bonchev–Trinajstić information content (AvgIpc) is 3.27. The zero-order chi connectivity index (χ0) is 21.0. The van der Waals surface area contributed by atoms with E-state index in [0.717, 1.165) is 12.0 Å². The minimum absolute atomic E-state index is 0.316. The van der Waals surface area contributed by atoms with E-state index in [1.54, 1.807) is 30.6 Å². The van der Waals surface area contributed by atoms with Crippen LogP contribution in [-0.2, 0) is 9.47 Å². The van der Waals surface area contributed by atoms with E-state index >= 15 is 0 Å². The molecule has 4 heterocycles. The van der Waals surface area contributed by atoms with Gasteiger partial charge >= 0.3 is 0 Å². The maximum absolute atomic E-state index is 13.5. The number of rotatable bonds is 5. The third-order valence-corrected chi connectivity index (χ3v) is 4.71. The SMILES string of the molecule is Fc1ccc(-c2nc(C3OCCCO3)[nH]c2-c2ccnc(Nc3ccccn3)n2)cc1. The van der Waals surface area contributed by atoms with E-state index < -0.39 is 6.29 Å². The van der Waals surface area contributed by atoms with E-state index in [1.807, 2.05) is 18.2 Å². The number of H-pyrrole nitrogens is 1. The van der Waals surface area contributed by atoms with E-state index in [2.05, 4.69) is 25.3 Å². The minimum Gasteiger partial charge on any atom is -0.346 e. The summed E-state index contributed by atoms with van der Waals surface area (Å²) in [6.07, 6.45) is 3.58. The predicted molar refractivity (Wildman–Crippen MR) is 112 cm³/mol. The van der Waals surface area contributed by atoms with Crippen LogP contribution in [0, 0.1) is 5.82 Å². The van der Waals surface area contributed by atoms with E-state index in [0.29, 0.717) is 47.9 Å². The van der Waals surface area contributed by atoms with Crippen LogP contribution in [0.5, 0.6) is 0 Å². The number of pyridine rings is 1. The number of benzene rings is 1. The number of hydrogen-bond acceptors (Lipinski definition) is 7. The van der Waals surface area contributed by atoms with Crippen molar-refractivity contribution < 1.29 is 13.9 Å². The highest BCUT2D eigenvalue weighted by Gasteiger charge is 2.24. The van der Waals surface area contributed by atoms with Crippen molar-refractivity contribution >= 4 is 11.8 Å². The van der Waals surface area contributed by atoms with Crippen molar-refractivity contribution in [2.24, 2.45) is 0 Å². The minimum atomic E-state index is -0.588. The first-order valence-electron chi connectivity index (χ1n) is 9.87. The maximum Gasteiger partial charge on any atom is 0.228 e. The van der Waals surface area contributed by atoms with Gasteiger partial charge in [-0.05, 0) is 48.9 Å². The molecule has 0 amide bonds. The summed E-state index contributed by atoms with van der Waals surface area (Å²) in [4.78, 5) is 21.1. The Morgan fingerprint density at radius 3 is 2.55 bits per heavy atom. The summed E-state index contributed by atoms with van der Waals surface area (Å²) in [6.45, 7) is 1.19. The molecular weight excluding hydrogens is 399 g/mol. The Morgan fingerprint density at radius 2 is 1.77 bits per heavy atom. The zero-order valence-corrected chi connectivity index (χ0v) is 16.5. The molecule has 8 nitrogen and oxygen atoms in total. The molecule has 1 aliphatic heterocycles. The molecule has 4 aromatic rings. The standard InChI is InChI=1S/C22H19FN6O2/c23-15-7-5-14(6-8-15)18-19(29-20(28-18)21-30-12-3-13-31-21)16-9-11-25-22(26-16)27-17-4-1-2-10-24-17/h1-2,4-11,21H,3,12-13H2,(H,28,29)(H,24,25,26,27). The third kappa shape index (κ3) is 4.27.